The average molecular weight is 402 g/mol. The number of nitrogens with one attached hydrogen (secondary N) is 1. The molecule has 0 unspecified atom stereocenters. The molecule has 4 nitrogen and oxygen atoms in total. The molecule has 1 aliphatic rings. The minimum Gasteiger partial charge on any atom is -0.375 e. The van der Waals surface area contributed by atoms with Crippen molar-refractivity contribution >= 4 is 35.6 Å². The van der Waals surface area contributed by atoms with Crippen LogP contribution >= 0.6 is 24.0 Å². The van der Waals surface area contributed by atoms with Crippen molar-refractivity contribution < 1.29 is 0 Å². The minimum absolute atomic E-state index is 0. The van der Waals surface area contributed by atoms with Gasteiger partial charge >= 0.3 is 0 Å². The monoisotopic (exact) mass is 402 g/mol. The Labute approximate surface area is 145 Å². The molecule has 118 valence electrons. The molecule has 1 aromatic rings. The highest BCUT2D eigenvalue weighted by Crippen LogP contribution is 2.11. The first-order chi connectivity index (χ1) is 9.81. The maximum atomic E-state index is 4.36. The lowest BCUT2D eigenvalue weighted by Gasteiger charge is -2.22. The van der Waals surface area contributed by atoms with Gasteiger partial charge in [0.05, 0.1) is 0 Å². The SMILES string of the molecule is CN=C(NCCCN(C)c1ccccc1)N1CCCC1.I. The van der Waals surface area contributed by atoms with Crippen LogP contribution < -0.4 is 10.2 Å². The summed E-state index contributed by atoms with van der Waals surface area (Å²) in [7, 11) is 4.02. The first-order valence-electron chi connectivity index (χ1n) is 7.53. The van der Waals surface area contributed by atoms with Gasteiger partial charge < -0.3 is 15.1 Å². The summed E-state index contributed by atoms with van der Waals surface area (Å²) in [4.78, 5) is 9.00. The van der Waals surface area contributed by atoms with E-state index in [4.69, 9.17) is 0 Å². The normalized spacial score (nSPS) is 14.8. The lowest BCUT2D eigenvalue weighted by Crippen LogP contribution is -2.40. The molecule has 0 amide bonds. The summed E-state index contributed by atoms with van der Waals surface area (Å²) in [6, 6.07) is 10.5. The van der Waals surface area contributed by atoms with Crippen LogP contribution in [0.15, 0.2) is 35.3 Å². The van der Waals surface area contributed by atoms with Crippen LogP contribution in [0.3, 0.4) is 0 Å². The number of para-hydroxylation sites is 1. The number of anilines is 1. The highest BCUT2D eigenvalue weighted by molar-refractivity contribution is 14.0. The van der Waals surface area contributed by atoms with E-state index in [-0.39, 0.29) is 24.0 Å². The van der Waals surface area contributed by atoms with E-state index in [0.29, 0.717) is 0 Å². The molecule has 21 heavy (non-hydrogen) atoms. The van der Waals surface area contributed by atoms with Crippen LogP contribution in [0.5, 0.6) is 0 Å². The smallest absolute Gasteiger partial charge is 0.193 e. The van der Waals surface area contributed by atoms with E-state index in [9.17, 15) is 0 Å². The van der Waals surface area contributed by atoms with Gasteiger partial charge in [-0.2, -0.15) is 0 Å². The zero-order chi connectivity index (χ0) is 14.2. The highest BCUT2D eigenvalue weighted by Gasteiger charge is 2.14. The van der Waals surface area contributed by atoms with Crippen LogP contribution in [0.1, 0.15) is 19.3 Å². The summed E-state index contributed by atoms with van der Waals surface area (Å²) in [5.41, 5.74) is 1.27. The fraction of sp³-hybridized carbons (Fsp3) is 0.562. The predicted octanol–water partition coefficient (Wildman–Crippen LogP) is 2.80. The van der Waals surface area contributed by atoms with Gasteiger partial charge in [0.15, 0.2) is 5.96 Å². The van der Waals surface area contributed by atoms with E-state index in [2.05, 4.69) is 57.5 Å². The Hall–Kier alpha value is -0.980. The topological polar surface area (TPSA) is 30.9 Å². The zero-order valence-corrected chi connectivity index (χ0v) is 15.4. The van der Waals surface area contributed by atoms with E-state index in [1.807, 2.05) is 7.05 Å². The Kier molecular flexibility index (Phi) is 8.49. The fourth-order valence-electron chi connectivity index (χ4n) is 2.59. The van der Waals surface area contributed by atoms with Gasteiger partial charge in [-0.05, 0) is 31.4 Å². The molecular formula is C16H27IN4. The van der Waals surface area contributed by atoms with Gasteiger partial charge in [0.1, 0.15) is 0 Å². The highest BCUT2D eigenvalue weighted by atomic mass is 127. The summed E-state index contributed by atoms with van der Waals surface area (Å²) in [6.45, 7) is 4.31. The maximum Gasteiger partial charge on any atom is 0.193 e. The van der Waals surface area contributed by atoms with Gasteiger partial charge in [-0.15, -0.1) is 24.0 Å². The third-order valence-electron chi connectivity index (χ3n) is 3.77. The number of benzene rings is 1. The standard InChI is InChI=1S/C16H26N4.HI/c1-17-16(20-13-6-7-14-20)18-11-8-12-19(2)15-9-4-3-5-10-15;/h3-5,9-10H,6-8,11-14H2,1-2H3,(H,17,18);1H. The van der Waals surface area contributed by atoms with Crippen molar-refractivity contribution in [1.82, 2.24) is 10.2 Å². The van der Waals surface area contributed by atoms with Gasteiger partial charge in [-0.3, -0.25) is 4.99 Å². The number of rotatable bonds is 5. The van der Waals surface area contributed by atoms with Crippen LogP contribution in [0.2, 0.25) is 0 Å². The van der Waals surface area contributed by atoms with Crippen molar-refractivity contribution in [2.45, 2.75) is 19.3 Å². The summed E-state index contributed by atoms with van der Waals surface area (Å²) < 4.78 is 0. The first kappa shape index (κ1) is 18.1. The van der Waals surface area contributed by atoms with Crippen LogP contribution in [0.4, 0.5) is 5.69 Å². The fourth-order valence-corrected chi connectivity index (χ4v) is 2.59. The van der Waals surface area contributed by atoms with Crippen molar-refractivity contribution in [2.75, 3.05) is 45.2 Å². The van der Waals surface area contributed by atoms with Gasteiger partial charge in [-0.25, -0.2) is 0 Å². The van der Waals surface area contributed by atoms with Crippen molar-refractivity contribution in [3.05, 3.63) is 30.3 Å². The summed E-state index contributed by atoms with van der Waals surface area (Å²) in [5, 5.41) is 3.47. The average Bonchev–Trinajstić information content (AvgIpc) is 3.02. The molecule has 1 aliphatic heterocycles. The second kappa shape index (κ2) is 9.87. The maximum absolute atomic E-state index is 4.36. The molecule has 1 saturated heterocycles. The number of aliphatic imine (C=N–C) groups is 1. The van der Waals surface area contributed by atoms with Gasteiger partial charge in [-0.1, -0.05) is 18.2 Å². The molecule has 0 aliphatic carbocycles. The molecule has 0 spiro atoms. The predicted molar refractivity (Wildman–Crippen MR) is 102 cm³/mol. The van der Waals surface area contributed by atoms with Crippen LogP contribution in [0, 0.1) is 0 Å². The number of guanidine groups is 1. The van der Waals surface area contributed by atoms with E-state index in [0.717, 1.165) is 38.6 Å². The third-order valence-corrected chi connectivity index (χ3v) is 3.77. The number of nitrogens with zero attached hydrogens (tertiary/aromatic N) is 3. The zero-order valence-electron chi connectivity index (χ0n) is 13.1. The molecule has 1 heterocycles. The summed E-state index contributed by atoms with van der Waals surface area (Å²) >= 11 is 0. The molecule has 0 saturated carbocycles. The molecule has 0 aromatic heterocycles. The number of hydrogen-bond donors (Lipinski definition) is 1. The number of hydrogen-bond acceptors (Lipinski definition) is 2. The Morgan fingerprint density at radius 2 is 1.90 bits per heavy atom. The Balaban J connectivity index is 0.00000220. The molecule has 0 radical (unpaired) electrons. The van der Waals surface area contributed by atoms with Crippen LogP contribution in [-0.4, -0.2) is 51.1 Å². The molecule has 2 rings (SSSR count). The van der Waals surface area contributed by atoms with E-state index in [1.165, 1.54) is 18.5 Å². The number of halogens is 1. The van der Waals surface area contributed by atoms with Crippen LogP contribution in [-0.2, 0) is 0 Å². The number of likely N-dealkylation sites (tertiary alicyclic amines) is 1. The van der Waals surface area contributed by atoms with Crippen molar-refractivity contribution in [3.8, 4) is 0 Å². The molecule has 1 N–H and O–H groups in total. The van der Waals surface area contributed by atoms with E-state index in [1.54, 1.807) is 0 Å². The van der Waals surface area contributed by atoms with Gasteiger partial charge in [0, 0.05) is 46.0 Å². The summed E-state index contributed by atoms with van der Waals surface area (Å²) in [6.07, 6.45) is 3.69. The lowest BCUT2D eigenvalue weighted by atomic mass is 10.3. The van der Waals surface area contributed by atoms with Gasteiger partial charge in [0.25, 0.3) is 0 Å². The van der Waals surface area contributed by atoms with Crippen molar-refractivity contribution in [1.29, 1.82) is 0 Å². The Bertz CT molecular complexity index is 416. The van der Waals surface area contributed by atoms with Crippen LogP contribution in [0.25, 0.3) is 0 Å². The van der Waals surface area contributed by atoms with Crippen molar-refractivity contribution in [3.63, 3.8) is 0 Å². The molecule has 5 heteroatoms. The second-order valence-corrected chi connectivity index (χ2v) is 5.28. The van der Waals surface area contributed by atoms with E-state index < -0.39 is 0 Å². The Morgan fingerprint density at radius 3 is 2.52 bits per heavy atom. The van der Waals surface area contributed by atoms with Gasteiger partial charge in [0.2, 0.25) is 0 Å². The molecule has 1 aromatic carbocycles. The lowest BCUT2D eigenvalue weighted by molar-refractivity contribution is 0.492. The molecular weight excluding hydrogens is 375 g/mol. The quantitative estimate of drug-likeness (QED) is 0.356. The summed E-state index contributed by atoms with van der Waals surface area (Å²) in [5.74, 6) is 1.06. The largest absolute Gasteiger partial charge is 0.375 e. The molecule has 0 bridgehead atoms. The molecule has 0 atom stereocenters. The minimum atomic E-state index is 0. The first-order valence-corrected chi connectivity index (χ1v) is 7.53. The Morgan fingerprint density at radius 1 is 1.24 bits per heavy atom. The van der Waals surface area contributed by atoms with E-state index >= 15 is 0 Å². The second-order valence-electron chi connectivity index (χ2n) is 5.28. The third kappa shape index (κ3) is 5.73. The molecule has 1 fully saturated rings. The van der Waals surface area contributed by atoms with Crippen molar-refractivity contribution in [2.24, 2.45) is 4.99 Å².